The van der Waals surface area contributed by atoms with Crippen LogP contribution in [0.3, 0.4) is 0 Å². The van der Waals surface area contributed by atoms with Crippen molar-refractivity contribution in [1.29, 1.82) is 0 Å². The first-order valence-electron chi connectivity index (χ1n) is 6.71. The second kappa shape index (κ2) is 8.24. The molecule has 6 heteroatoms. The first-order chi connectivity index (χ1) is 9.08. The SMILES string of the molecule is CCN(CC)CCNCCc1nc(C)c(C(=O)O)s1. The van der Waals surface area contributed by atoms with Crippen LogP contribution in [-0.2, 0) is 6.42 Å². The lowest BCUT2D eigenvalue weighted by atomic mass is 10.4. The Morgan fingerprint density at radius 3 is 2.58 bits per heavy atom. The summed E-state index contributed by atoms with van der Waals surface area (Å²) in [6, 6.07) is 0. The highest BCUT2D eigenvalue weighted by Gasteiger charge is 2.13. The fourth-order valence-electron chi connectivity index (χ4n) is 1.85. The summed E-state index contributed by atoms with van der Waals surface area (Å²) >= 11 is 1.28. The van der Waals surface area contributed by atoms with E-state index in [9.17, 15) is 4.79 Å². The Bertz CT molecular complexity index is 403. The molecule has 0 spiro atoms. The summed E-state index contributed by atoms with van der Waals surface area (Å²) in [7, 11) is 0. The van der Waals surface area contributed by atoms with Crippen molar-refractivity contribution >= 4 is 17.3 Å². The van der Waals surface area contributed by atoms with E-state index in [1.165, 1.54) is 11.3 Å². The van der Waals surface area contributed by atoms with Gasteiger partial charge in [-0.3, -0.25) is 0 Å². The number of aromatic nitrogens is 1. The van der Waals surface area contributed by atoms with Crippen LogP contribution in [0.4, 0.5) is 0 Å². The lowest BCUT2D eigenvalue weighted by Crippen LogP contribution is -2.32. The zero-order valence-corrected chi connectivity index (χ0v) is 12.7. The summed E-state index contributed by atoms with van der Waals surface area (Å²) < 4.78 is 0. The number of hydrogen-bond acceptors (Lipinski definition) is 5. The first-order valence-corrected chi connectivity index (χ1v) is 7.52. The van der Waals surface area contributed by atoms with Crippen LogP contribution >= 0.6 is 11.3 Å². The molecule has 0 fully saturated rings. The fraction of sp³-hybridized carbons (Fsp3) is 0.692. The Balaban J connectivity index is 2.26. The predicted octanol–water partition coefficient (Wildman–Crippen LogP) is 1.62. The minimum absolute atomic E-state index is 0.359. The summed E-state index contributed by atoms with van der Waals surface area (Å²) in [6.07, 6.45) is 0.789. The number of thiazole rings is 1. The van der Waals surface area contributed by atoms with E-state index in [0.717, 1.165) is 44.2 Å². The predicted molar refractivity (Wildman–Crippen MR) is 78.2 cm³/mol. The molecule has 0 aliphatic rings. The molecule has 5 nitrogen and oxygen atoms in total. The zero-order valence-electron chi connectivity index (χ0n) is 11.9. The van der Waals surface area contributed by atoms with Gasteiger partial charge in [-0.05, 0) is 20.0 Å². The normalized spacial score (nSPS) is 11.2. The van der Waals surface area contributed by atoms with Crippen molar-refractivity contribution in [2.45, 2.75) is 27.2 Å². The molecule has 0 saturated heterocycles. The molecule has 0 aliphatic heterocycles. The summed E-state index contributed by atoms with van der Waals surface area (Å²) in [4.78, 5) is 17.9. The average Bonchev–Trinajstić information content (AvgIpc) is 2.75. The van der Waals surface area contributed by atoms with E-state index < -0.39 is 5.97 Å². The number of carboxylic acid groups (broad SMARTS) is 1. The molecule has 0 radical (unpaired) electrons. The Labute approximate surface area is 118 Å². The van der Waals surface area contributed by atoms with Gasteiger partial charge >= 0.3 is 5.97 Å². The van der Waals surface area contributed by atoms with Crippen molar-refractivity contribution < 1.29 is 9.90 Å². The zero-order chi connectivity index (χ0) is 14.3. The van der Waals surface area contributed by atoms with Crippen LogP contribution in [0.2, 0.25) is 0 Å². The van der Waals surface area contributed by atoms with Gasteiger partial charge in [-0.25, -0.2) is 9.78 Å². The molecule has 0 bridgehead atoms. The molecular weight excluding hydrogens is 262 g/mol. The third-order valence-electron chi connectivity index (χ3n) is 3.05. The van der Waals surface area contributed by atoms with E-state index >= 15 is 0 Å². The molecule has 0 aliphatic carbocycles. The first kappa shape index (κ1) is 16.1. The molecule has 1 rings (SSSR count). The molecule has 0 unspecified atom stereocenters. The molecule has 1 aromatic rings. The van der Waals surface area contributed by atoms with Crippen LogP contribution in [0, 0.1) is 6.92 Å². The highest BCUT2D eigenvalue weighted by Crippen LogP contribution is 2.17. The second-order valence-corrected chi connectivity index (χ2v) is 5.44. The van der Waals surface area contributed by atoms with Crippen LogP contribution in [0.15, 0.2) is 0 Å². The molecule has 0 amide bonds. The Kier molecular flexibility index (Phi) is 6.97. The van der Waals surface area contributed by atoms with Gasteiger partial charge in [0.1, 0.15) is 4.88 Å². The number of hydrogen-bond donors (Lipinski definition) is 2. The van der Waals surface area contributed by atoms with Crippen LogP contribution in [0.5, 0.6) is 0 Å². The molecule has 108 valence electrons. The quantitative estimate of drug-likeness (QED) is 0.675. The lowest BCUT2D eigenvalue weighted by molar-refractivity contribution is 0.0701. The Morgan fingerprint density at radius 1 is 1.37 bits per heavy atom. The third-order valence-corrected chi connectivity index (χ3v) is 4.26. The summed E-state index contributed by atoms with van der Waals surface area (Å²) in [5.74, 6) is -0.879. The van der Waals surface area contributed by atoms with Gasteiger partial charge < -0.3 is 15.3 Å². The summed E-state index contributed by atoms with van der Waals surface area (Å²) in [6.45, 7) is 11.1. The smallest absolute Gasteiger partial charge is 0.347 e. The molecular formula is C13H23N3O2S. The third kappa shape index (κ3) is 5.26. The van der Waals surface area contributed by atoms with E-state index in [1.807, 2.05) is 0 Å². The van der Waals surface area contributed by atoms with Gasteiger partial charge in [-0.1, -0.05) is 13.8 Å². The maximum atomic E-state index is 10.9. The van der Waals surface area contributed by atoms with E-state index in [-0.39, 0.29) is 0 Å². The number of nitrogens with zero attached hydrogens (tertiary/aromatic N) is 2. The number of nitrogens with one attached hydrogen (secondary N) is 1. The molecule has 0 aromatic carbocycles. The van der Waals surface area contributed by atoms with Crippen LogP contribution < -0.4 is 5.32 Å². The van der Waals surface area contributed by atoms with Crippen molar-refractivity contribution in [3.8, 4) is 0 Å². The minimum Gasteiger partial charge on any atom is -0.477 e. The molecule has 1 aromatic heterocycles. The van der Waals surface area contributed by atoms with Gasteiger partial charge in [0.25, 0.3) is 0 Å². The highest BCUT2D eigenvalue weighted by molar-refractivity contribution is 7.13. The largest absolute Gasteiger partial charge is 0.477 e. The van der Waals surface area contributed by atoms with Crippen LogP contribution in [-0.4, -0.2) is 53.7 Å². The molecule has 1 heterocycles. The van der Waals surface area contributed by atoms with Crippen LogP contribution in [0.1, 0.15) is 34.2 Å². The number of aromatic carboxylic acids is 1. The van der Waals surface area contributed by atoms with Crippen molar-refractivity contribution in [2.75, 3.05) is 32.7 Å². The standard InChI is InChI=1S/C13H23N3O2S/c1-4-16(5-2)9-8-14-7-6-11-15-10(3)12(19-11)13(17)18/h14H,4-9H2,1-3H3,(H,17,18). The average molecular weight is 285 g/mol. The maximum Gasteiger partial charge on any atom is 0.347 e. The molecule has 0 saturated carbocycles. The lowest BCUT2D eigenvalue weighted by Gasteiger charge is -2.17. The van der Waals surface area contributed by atoms with Crippen LogP contribution in [0.25, 0.3) is 0 Å². The molecule has 19 heavy (non-hydrogen) atoms. The molecule has 2 N–H and O–H groups in total. The van der Waals surface area contributed by atoms with Gasteiger partial charge in [0.15, 0.2) is 0 Å². The van der Waals surface area contributed by atoms with Gasteiger partial charge in [0.2, 0.25) is 0 Å². The van der Waals surface area contributed by atoms with Crippen molar-refractivity contribution in [2.24, 2.45) is 0 Å². The van der Waals surface area contributed by atoms with E-state index in [1.54, 1.807) is 6.92 Å². The monoisotopic (exact) mass is 285 g/mol. The van der Waals surface area contributed by atoms with E-state index in [4.69, 9.17) is 5.11 Å². The van der Waals surface area contributed by atoms with E-state index in [0.29, 0.717) is 10.6 Å². The van der Waals surface area contributed by atoms with Gasteiger partial charge in [-0.2, -0.15) is 0 Å². The topological polar surface area (TPSA) is 65.5 Å². The Morgan fingerprint density at radius 2 is 2.05 bits per heavy atom. The number of carbonyl (C=O) groups is 1. The van der Waals surface area contributed by atoms with Crippen molar-refractivity contribution in [1.82, 2.24) is 15.2 Å². The number of rotatable bonds is 9. The maximum absolute atomic E-state index is 10.9. The second-order valence-electron chi connectivity index (χ2n) is 4.35. The highest BCUT2D eigenvalue weighted by atomic mass is 32.1. The number of aryl methyl sites for hydroxylation is 1. The van der Waals surface area contributed by atoms with Crippen molar-refractivity contribution in [3.05, 3.63) is 15.6 Å². The summed E-state index contributed by atoms with van der Waals surface area (Å²) in [5.41, 5.74) is 0.621. The minimum atomic E-state index is -0.879. The van der Waals surface area contributed by atoms with Gasteiger partial charge in [0, 0.05) is 26.1 Å². The van der Waals surface area contributed by atoms with Gasteiger partial charge in [0.05, 0.1) is 10.7 Å². The molecule has 0 atom stereocenters. The van der Waals surface area contributed by atoms with E-state index in [2.05, 4.69) is 29.0 Å². The van der Waals surface area contributed by atoms with Gasteiger partial charge in [-0.15, -0.1) is 11.3 Å². The number of likely N-dealkylation sites (N-methyl/N-ethyl adjacent to an activating group) is 1. The van der Waals surface area contributed by atoms with Crippen molar-refractivity contribution in [3.63, 3.8) is 0 Å². The Hall–Kier alpha value is -0.980. The fourth-order valence-corrected chi connectivity index (χ4v) is 2.76. The summed E-state index contributed by atoms with van der Waals surface area (Å²) in [5, 5.41) is 13.2. The number of carboxylic acids is 1.